The molecule has 140 valence electrons. The summed E-state index contributed by atoms with van der Waals surface area (Å²) in [6.45, 7) is 2.85. The molecule has 0 heterocycles. The Morgan fingerprint density at radius 1 is 0.885 bits per heavy atom. The number of esters is 1. The first-order valence-electron chi connectivity index (χ1n) is 8.23. The van der Waals surface area contributed by atoms with Crippen molar-refractivity contribution in [1.82, 2.24) is 0 Å². The molecule has 2 aromatic rings. The molecule has 0 spiro atoms. The van der Waals surface area contributed by atoms with Crippen LogP contribution in [0.15, 0.2) is 53.4 Å². The Hall–Kier alpha value is -2.54. The number of hydrogen-bond acceptors (Lipinski definition) is 6. The maximum Gasteiger partial charge on any atom is 0.339 e. The fourth-order valence-corrected chi connectivity index (χ4v) is 3.06. The average molecular weight is 378 g/mol. The molecule has 0 N–H and O–H groups in total. The van der Waals surface area contributed by atoms with Crippen molar-refractivity contribution in [2.24, 2.45) is 0 Å². The Morgan fingerprint density at radius 2 is 1.46 bits per heavy atom. The van der Waals surface area contributed by atoms with E-state index in [1.807, 2.05) is 6.92 Å². The maximum atomic E-state index is 12.1. The Labute approximate surface area is 153 Å². The Balaban J connectivity index is 1.84. The van der Waals surface area contributed by atoms with E-state index in [0.717, 1.165) is 18.4 Å². The largest absolute Gasteiger partial charge is 0.494 e. The molecule has 26 heavy (non-hydrogen) atoms. The molecule has 0 atom stereocenters. The van der Waals surface area contributed by atoms with Crippen molar-refractivity contribution in [2.45, 2.75) is 18.2 Å². The Morgan fingerprint density at radius 3 is 2.04 bits per heavy atom. The maximum absolute atomic E-state index is 12.1. The van der Waals surface area contributed by atoms with Crippen LogP contribution in [0, 0.1) is 0 Å². The van der Waals surface area contributed by atoms with Crippen LogP contribution >= 0.6 is 0 Å². The topological polar surface area (TPSA) is 78.9 Å². The molecular weight excluding hydrogens is 356 g/mol. The molecule has 0 aliphatic heterocycles. The number of carbonyl (C=O) groups is 1. The van der Waals surface area contributed by atoms with Gasteiger partial charge in [-0.15, -0.1) is 0 Å². The van der Waals surface area contributed by atoms with Gasteiger partial charge in [-0.1, -0.05) is 19.1 Å². The SMILES string of the molecule is CCCOc1ccc(OCCOC(=O)c2ccccc2S(C)(=O)=O)cc1. The summed E-state index contributed by atoms with van der Waals surface area (Å²) in [6, 6.07) is 13.1. The molecule has 7 heteroatoms. The Kier molecular flexibility index (Phi) is 7.03. The molecule has 0 radical (unpaired) electrons. The molecule has 0 bridgehead atoms. The fraction of sp³-hybridized carbons (Fsp3) is 0.316. The lowest BCUT2D eigenvalue weighted by Gasteiger charge is -2.10. The van der Waals surface area contributed by atoms with Gasteiger partial charge in [0.15, 0.2) is 9.84 Å². The monoisotopic (exact) mass is 378 g/mol. The molecule has 2 aromatic carbocycles. The van der Waals surface area contributed by atoms with Crippen molar-refractivity contribution < 1.29 is 27.4 Å². The van der Waals surface area contributed by atoms with E-state index in [0.29, 0.717) is 12.4 Å². The van der Waals surface area contributed by atoms with E-state index in [-0.39, 0.29) is 23.7 Å². The highest BCUT2D eigenvalue weighted by molar-refractivity contribution is 7.90. The lowest BCUT2D eigenvalue weighted by molar-refractivity contribution is 0.0446. The van der Waals surface area contributed by atoms with Crippen LogP contribution < -0.4 is 9.47 Å². The van der Waals surface area contributed by atoms with Gasteiger partial charge < -0.3 is 14.2 Å². The summed E-state index contributed by atoms with van der Waals surface area (Å²) in [5, 5.41) is 0. The van der Waals surface area contributed by atoms with Gasteiger partial charge in [0.1, 0.15) is 24.7 Å². The predicted octanol–water partition coefficient (Wildman–Crippen LogP) is 3.11. The summed E-state index contributed by atoms with van der Waals surface area (Å²) < 4.78 is 39.5. The quantitative estimate of drug-likeness (QED) is 0.493. The highest BCUT2D eigenvalue weighted by atomic mass is 32.2. The summed E-state index contributed by atoms with van der Waals surface area (Å²) in [5.74, 6) is 0.697. The highest BCUT2D eigenvalue weighted by Gasteiger charge is 2.19. The summed E-state index contributed by atoms with van der Waals surface area (Å²) in [5.41, 5.74) is 0.0208. The van der Waals surface area contributed by atoms with Gasteiger partial charge in [0.2, 0.25) is 0 Å². The lowest BCUT2D eigenvalue weighted by atomic mass is 10.2. The van der Waals surface area contributed by atoms with Crippen molar-refractivity contribution in [1.29, 1.82) is 0 Å². The second-order valence-electron chi connectivity index (χ2n) is 5.57. The summed E-state index contributed by atoms with van der Waals surface area (Å²) in [7, 11) is -3.51. The fourth-order valence-electron chi connectivity index (χ4n) is 2.18. The van der Waals surface area contributed by atoms with Crippen molar-refractivity contribution in [3.63, 3.8) is 0 Å². The van der Waals surface area contributed by atoms with E-state index in [1.54, 1.807) is 36.4 Å². The van der Waals surface area contributed by atoms with E-state index >= 15 is 0 Å². The number of ether oxygens (including phenoxy) is 3. The van der Waals surface area contributed by atoms with E-state index in [9.17, 15) is 13.2 Å². The normalized spacial score (nSPS) is 11.0. The molecule has 0 aromatic heterocycles. The van der Waals surface area contributed by atoms with Crippen molar-refractivity contribution >= 4 is 15.8 Å². The van der Waals surface area contributed by atoms with Crippen LogP contribution in [0.4, 0.5) is 0 Å². The van der Waals surface area contributed by atoms with E-state index in [2.05, 4.69) is 0 Å². The van der Waals surface area contributed by atoms with E-state index in [4.69, 9.17) is 14.2 Å². The van der Waals surface area contributed by atoms with Crippen molar-refractivity contribution in [2.75, 3.05) is 26.1 Å². The molecule has 0 fully saturated rings. The first-order chi connectivity index (χ1) is 12.4. The zero-order valence-corrected chi connectivity index (χ0v) is 15.6. The molecule has 0 aliphatic carbocycles. The molecule has 0 saturated carbocycles. The summed E-state index contributed by atoms with van der Waals surface area (Å²) in [4.78, 5) is 12.1. The molecule has 0 amide bonds. The van der Waals surface area contributed by atoms with Crippen LogP contribution in [0.2, 0.25) is 0 Å². The van der Waals surface area contributed by atoms with Gasteiger partial charge >= 0.3 is 5.97 Å². The van der Waals surface area contributed by atoms with Gasteiger partial charge in [-0.2, -0.15) is 0 Å². The van der Waals surface area contributed by atoms with Gasteiger partial charge in [0.25, 0.3) is 0 Å². The lowest BCUT2D eigenvalue weighted by Crippen LogP contribution is -2.15. The third-order valence-corrected chi connectivity index (χ3v) is 4.54. The zero-order valence-electron chi connectivity index (χ0n) is 14.8. The summed E-state index contributed by atoms with van der Waals surface area (Å²) >= 11 is 0. The van der Waals surface area contributed by atoms with Gasteiger partial charge in [-0.3, -0.25) is 0 Å². The van der Waals surface area contributed by atoms with Gasteiger partial charge in [-0.25, -0.2) is 13.2 Å². The molecule has 2 rings (SSSR count). The predicted molar refractivity (Wildman–Crippen MR) is 97.6 cm³/mol. The third kappa shape index (κ3) is 5.77. The smallest absolute Gasteiger partial charge is 0.339 e. The van der Waals surface area contributed by atoms with Gasteiger partial charge in [0.05, 0.1) is 17.1 Å². The van der Waals surface area contributed by atoms with Crippen molar-refractivity contribution in [3.05, 3.63) is 54.1 Å². The van der Waals surface area contributed by atoms with Crippen LogP contribution in [-0.4, -0.2) is 40.5 Å². The number of benzene rings is 2. The molecular formula is C19H22O6S. The first kappa shape index (κ1) is 19.8. The Bertz CT molecular complexity index is 827. The van der Waals surface area contributed by atoms with E-state index < -0.39 is 15.8 Å². The second-order valence-corrected chi connectivity index (χ2v) is 7.56. The minimum atomic E-state index is -3.51. The molecule has 6 nitrogen and oxygen atoms in total. The number of carbonyl (C=O) groups excluding carboxylic acids is 1. The number of sulfone groups is 1. The molecule has 0 aliphatic rings. The van der Waals surface area contributed by atoms with Crippen LogP contribution in [0.1, 0.15) is 23.7 Å². The molecule has 0 unspecified atom stereocenters. The first-order valence-corrected chi connectivity index (χ1v) is 10.1. The third-order valence-electron chi connectivity index (χ3n) is 3.39. The standard InChI is InChI=1S/C19H22O6S/c1-3-12-23-15-8-10-16(11-9-15)24-13-14-25-19(20)17-6-4-5-7-18(17)26(2,21)22/h4-11H,3,12-14H2,1-2H3. The van der Waals surface area contributed by atoms with Gasteiger partial charge in [-0.05, 0) is 42.8 Å². The van der Waals surface area contributed by atoms with Crippen LogP contribution in [0.25, 0.3) is 0 Å². The van der Waals surface area contributed by atoms with E-state index in [1.165, 1.54) is 12.1 Å². The molecule has 0 saturated heterocycles. The number of hydrogen-bond donors (Lipinski definition) is 0. The second kappa shape index (κ2) is 9.24. The van der Waals surface area contributed by atoms with Gasteiger partial charge in [0, 0.05) is 6.26 Å². The summed E-state index contributed by atoms with van der Waals surface area (Å²) in [6.07, 6.45) is 1.99. The minimum Gasteiger partial charge on any atom is -0.494 e. The highest BCUT2D eigenvalue weighted by Crippen LogP contribution is 2.18. The van der Waals surface area contributed by atoms with Crippen LogP contribution in [0.5, 0.6) is 11.5 Å². The van der Waals surface area contributed by atoms with Crippen LogP contribution in [-0.2, 0) is 14.6 Å². The van der Waals surface area contributed by atoms with Crippen molar-refractivity contribution in [3.8, 4) is 11.5 Å². The zero-order chi connectivity index (χ0) is 19.0. The van der Waals surface area contributed by atoms with Crippen LogP contribution in [0.3, 0.4) is 0 Å². The minimum absolute atomic E-state index is 0.00498. The average Bonchev–Trinajstić information content (AvgIpc) is 2.63. The number of rotatable bonds is 9.